The molecule has 0 saturated heterocycles. The van der Waals surface area contributed by atoms with Gasteiger partial charge in [0.15, 0.2) is 5.15 Å². The molecule has 2 rings (SSSR count). The molecule has 1 heterocycles. The summed E-state index contributed by atoms with van der Waals surface area (Å²) < 4.78 is 0. The second-order valence-corrected chi connectivity index (χ2v) is 4.22. The van der Waals surface area contributed by atoms with Gasteiger partial charge < -0.3 is 10.4 Å². The average Bonchev–Trinajstić information content (AvgIpc) is 2.15. The van der Waals surface area contributed by atoms with E-state index in [1.165, 1.54) is 0 Å². The molecule has 2 unspecified atom stereocenters. The minimum Gasteiger partial charge on any atom is -0.388 e. The fourth-order valence-corrected chi connectivity index (χ4v) is 1.61. The van der Waals surface area contributed by atoms with E-state index in [1.54, 1.807) is 12.1 Å². The van der Waals surface area contributed by atoms with Gasteiger partial charge in [-0.25, -0.2) is 0 Å². The number of hydrogen-bond acceptors (Lipinski definition) is 4. The maximum Gasteiger partial charge on any atom is 0.151 e. The molecule has 4 nitrogen and oxygen atoms in total. The zero-order valence-corrected chi connectivity index (χ0v) is 8.62. The molecule has 14 heavy (non-hydrogen) atoms. The minimum absolute atomic E-state index is 0.0676. The van der Waals surface area contributed by atoms with Crippen molar-refractivity contribution in [2.45, 2.75) is 31.4 Å². The third-order valence-corrected chi connectivity index (χ3v) is 2.85. The molecular weight excluding hydrogens is 202 g/mol. The van der Waals surface area contributed by atoms with Crippen LogP contribution in [-0.2, 0) is 0 Å². The Hall–Kier alpha value is -0.870. The summed E-state index contributed by atoms with van der Waals surface area (Å²) in [5.41, 5.74) is -0.624. The number of halogens is 1. The fourth-order valence-electron chi connectivity index (χ4n) is 1.51. The van der Waals surface area contributed by atoms with Gasteiger partial charge in [-0.15, -0.1) is 10.2 Å². The molecule has 0 spiro atoms. The summed E-state index contributed by atoms with van der Waals surface area (Å²) >= 11 is 5.60. The second-order valence-electron chi connectivity index (χ2n) is 3.83. The maximum atomic E-state index is 9.75. The molecule has 1 fully saturated rings. The first-order valence-corrected chi connectivity index (χ1v) is 4.94. The van der Waals surface area contributed by atoms with Gasteiger partial charge in [-0.3, -0.25) is 0 Å². The van der Waals surface area contributed by atoms with E-state index in [0.29, 0.717) is 11.0 Å². The smallest absolute Gasteiger partial charge is 0.151 e. The van der Waals surface area contributed by atoms with Crippen LogP contribution in [0.15, 0.2) is 12.1 Å². The fraction of sp³-hybridized carbons (Fsp3) is 0.556. The summed E-state index contributed by atoms with van der Waals surface area (Å²) in [6, 6.07) is 3.49. The summed E-state index contributed by atoms with van der Waals surface area (Å²) in [5.74, 6) is 0.652. The molecule has 0 amide bonds. The normalized spacial score (nSPS) is 30.9. The van der Waals surface area contributed by atoms with E-state index in [1.807, 2.05) is 6.92 Å². The van der Waals surface area contributed by atoms with Crippen LogP contribution < -0.4 is 5.32 Å². The van der Waals surface area contributed by atoms with Crippen molar-refractivity contribution in [2.75, 3.05) is 5.32 Å². The largest absolute Gasteiger partial charge is 0.388 e. The third-order valence-electron chi connectivity index (χ3n) is 2.64. The van der Waals surface area contributed by atoms with E-state index >= 15 is 0 Å². The van der Waals surface area contributed by atoms with Crippen LogP contribution in [0.25, 0.3) is 0 Å². The van der Waals surface area contributed by atoms with Gasteiger partial charge in [-0.2, -0.15) is 0 Å². The Bertz CT molecular complexity index is 325. The number of nitrogens with zero attached hydrogens (tertiary/aromatic N) is 2. The molecular formula is C9H12ClN3O. The first-order valence-electron chi connectivity index (χ1n) is 4.56. The van der Waals surface area contributed by atoms with Gasteiger partial charge in [-0.1, -0.05) is 11.6 Å². The number of aromatic nitrogens is 2. The van der Waals surface area contributed by atoms with E-state index in [0.717, 1.165) is 12.8 Å². The summed E-state index contributed by atoms with van der Waals surface area (Å²) in [6.45, 7) is 1.82. The highest BCUT2D eigenvalue weighted by Gasteiger charge is 2.40. The highest BCUT2D eigenvalue weighted by Crippen LogP contribution is 2.33. The lowest BCUT2D eigenvalue weighted by molar-refractivity contribution is -0.0287. The Balaban J connectivity index is 2.01. The van der Waals surface area contributed by atoms with Gasteiger partial charge >= 0.3 is 0 Å². The molecule has 0 aliphatic heterocycles. The minimum atomic E-state index is -0.624. The van der Waals surface area contributed by atoms with E-state index < -0.39 is 5.60 Å². The number of anilines is 1. The number of aliphatic hydroxyl groups is 1. The first-order chi connectivity index (χ1) is 6.58. The summed E-state index contributed by atoms with van der Waals surface area (Å²) in [7, 11) is 0. The molecule has 0 bridgehead atoms. The van der Waals surface area contributed by atoms with Gasteiger partial charge in [0.1, 0.15) is 5.82 Å². The van der Waals surface area contributed by atoms with Crippen molar-refractivity contribution in [1.82, 2.24) is 10.2 Å². The van der Waals surface area contributed by atoms with Crippen molar-refractivity contribution < 1.29 is 5.11 Å². The van der Waals surface area contributed by atoms with Crippen LogP contribution in [-0.4, -0.2) is 26.9 Å². The number of hydrogen-bond donors (Lipinski definition) is 2. The highest BCUT2D eigenvalue weighted by molar-refractivity contribution is 6.29. The molecule has 2 atom stereocenters. The predicted octanol–water partition coefficient (Wildman–Crippen LogP) is 1.46. The molecule has 0 radical (unpaired) electrons. The zero-order valence-electron chi connectivity index (χ0n) is 7.87. The standard InChI is InChI=1S/C9H12ClN3O/c1-9(14)5-4-6(9)11-8-3-2-7(10)12-13-8/h2-3,6,14H,4-5H2,1H3,(H,11,13). The Kier molecular flexibility index (Phi) is 2.33. The van der Waals surface area contributed by atoms with Crippen molar-refractivity contribution in [2.24, 2.45) is 0 Å². The average molecular weight is 214 g/mol. The van der Waals surface area contributed by atoms with E-state index in [4.69, 9.17) is 11.6 Å². The Morgan fingerprint density at radius 1 is 1.57 bits per heavy atom. The molecule has 1 aliphatic rings. The van der Waals surface area contributed by atoms with Crippen molar-refractivity contribution >= 4 is 17.4 Å². The van der Waals surface area contributed by atoms with Gasteiger partial charge in [0.25, 0.3) is 0 Å². The quantitative estimate of drug-likeness (QED) is 0.781. The van der Waals surface area contributed by atoms with Gasteiger partial charge in [0.05, 0.1) is 11.6 Å². The van der Waals surface area contributed by atoms with E-state index in [-0.39, 0.29) is 6.04 Å². The Labute approximate surface area is 87.3 Å². The van der Waals surface area contributed by atoms with Gasteiger partial charge in [0.2, 0.25) is 0 Å². The van der Waals surface area contributed by atoms with Crippen molar-refractivity contribution in [1.29, 1.82) is 0 Å². The SMILES string of the molecule is CC1(O)CCC1Nc1ccc(Cl)nn1. The highest BCUT2D eigenvalue weighted by atomic mass is 35.5. The molecule has 5 heteroatoms. The molecule has 1 aromatic rings. The lowest BCUT2D eigenvalue weighted by Crippen LogP contribution is -2.53. The van der Waals surface area contributed by atoms with Crippen LogP contribution in [0, 0.1) is 0 Å². The van der Waals surface area contributed by atoms with Crippen LogP contribution in [0.1, 0.15) is 19.8 Å². The molecule has 1 aliphatic carbocycles. The molecule has 1 aromatic heterocycles. The Morgan fingerprint density at radius 2 is 2.36 bits per heavy atom. The summed E-state index contributed by atoms with van der Waals surface area (Å²) in [4.78, 5) is 0. The van der Waals surface area contributed by atoms with Crippen LogP contribution in [0.3, 0.4) is 0 Å². The van der Waals surface area contributed by atoms with Crippen LogP contribution in [0.5, 0.6) is 0 Å². The van der Waals surface area contributed by atoms with Crippen molar-refractivity contribution in [3.05, 3.63) is 17.3 Å². The molecule has 2 N–H and O–H groups in total. The number of rotatable bonds is 2. The van der Waals surface area contributed by atoms with Crippen LogP contribution >= 0.6 is 11.6 Å². The molecule has 0 aromatic carbocycles. The maximum absolute atomic E-state index is 9.75. The Morgan fingerprint density at radius 3 is 2.79 bits per heavy atom. The lowest BCUT2D eigenvalue weighted by atomic mass is 9.76. The number of nitrogens with one attached hydrogen (secondary N) is 1. The van der Waals surface area contributed by atoms with Gasteiger partial charge in [0, 0.05) is 0 Å². The topological polar surface area (TPSA) is 58.0 Å². The van der Waals surface area contributed by atoms with Crippen molar-refractivity contribution in [3.63, 3.8) is 0 Å². The van der Waals surface area contributed by atoms with E-state index in [9.17, 15) is 5.11 Å². The van der Waals surface area contributed by atoms with E-state index in [2.05, 4.69) is 15.5 Å². The third kappa shape index (κ3) is 1.81. The predicted molar refractivity (Wildman–Crippen MR) is 54.3 cm³/mol. The lowest BCUT2D eigenvalue weighted by Gasteiger charge is -2.43. The first kappa shape index (κ1) is 9.68. The monoisotopic (exact) mass is 213 g/mol. The zero-order chi connectivity index (χ0) is 10.2. The van der Waals surface area contributed by atoms with Crippen LogP contribution in [0.2, 0.25) is 5.15 Å². The molecule has 76 valence electrons. The summed E-state index contributed by atoms with van der Waals surface area (Å²) in [6.07, 6.45) is 1.78. The van der Waals surface area contributed by atoms with Crippen LogP contribution in [0.4, 0.5) is 5.82 Å². The summed E-state index contributed by atoms with van der Waals surface area (Å²) in [5, 5.41) is 20.8. The second kappa shape index (κ2) is 3.37. The molecule has 1 saturated carbocycles. The van der Waals surface area contributed by atoms with Gasteiger partial charge in [-0.05, 0) is 31.9 Å². The van der Waals surface area contributed by atoms with Crippen molar-refractivity contribution in [3.8, 4) is 0 Å².